The van der Waals surface area contributed by atoms with Gasteiger partial charge in [-0.05, 0) is 31.4 Å². The van der Waals surface area contributed by atoms with Gasteiger partial charge in [-0.3, -0.25) is 9.59 Å². The van der Waals surface area contributed by atoms with Crippen LogP contribution >= 0.6 is 11.3 Å². The van der Waals surface area contributed by atoms with Gasteiger partial charge in [0, 0.05) is 12.6 Å². The highest BCUT2D eigenvalue weighted by molar-refractivity contribution is 7.20. The Balaban J connectivity index is 1.37. The van der Waals surface area contributed by atoms with Crippen LogP contribution in [0.1, 0.15) is 48.3 Å². The maximum Gasteiger partial charge on any atom is 0.237 e. The summed E-state index contributed by atoms with van der Waals surface area (Å²) in [5.74, 6) is 0.0229. The summed E-state index contributed by atoms with van der Waals surface area (Å²) in [6.07, 6.45) is 6.84. The minimum absolute atomic E-state index is 0.0153. The minimum atomic E-state index is -0.332. The first-order valence-electron chi connectivity index (χ1n) is 9.15. The predicted molar refractivity (Wildman–Crippen MR) is 98.9 cm³/mol. The maximum atomic E-state index is 12.8. The fraction of sp³-hybridized carbons (Fsp3) is 0.526. The lowest BCUT2D eigenvalue weighted by atomic mass is 9.95. The third-order valence-electron chi connectivity index (χ3n) is 5.29. The number of benzene rings is 1. The van der Waals surface area contributed by atoms with E-state index in [1.54, 1.807) is 4.90 Å². The normalized spacial score (nSPS) is 21.3. The van der Waals surface area contributed by atoms with Gasteiger partial charge in [-0.25, -0.2) is 4.98 Å². The van der Waals surface area contributed by atoms with Gasteiger partial charge in [0.25, 0.3) is 0 Å². The van der Waals surface area contributed by atoms with Crippen LogP contribution in [0.3, 0.4) is 0 Å². The van der Waals surface area contributed by atoms with E-state index in [9.17, 15) is 9.59 Å². The number of carbonyl (C=O) groups excluding carboxylic acids is 2. The van der Waals surface area contributed by atoms with Crippen LogP contribution in [0, 0.1) is 0 Å². The SMILES string of the molecule is O=C(c1nc2ccccc2s1)[C@@H]1CCN1C(=O)CNC1CCCCC1. The predicted octanol–water partition coefficient (Wildman–Crippen LogP) is 3.00. The molecule has 2 heterocycles. The van der Waals surface area contributed by atoms with Crippen LogP contribution in [-0.2, 0) is 4.79 Å². The molecule has 1 aromatic heterocycles. The topological polar surface area (TPSA) is 62.3 Å². The summed E-state index contributed by atoms with van der Waals surface area (Å²) in [6.45, 7) is 1.01. The second kappa shape index (κ2) is 7.22. The first kappa shape index (κ1) is 16.7. The van der Waals surface area contributed by atoms with Crippen LogP contribution in [0.4, 0.5) is 0 Å². The molecule has 1 aliphatic heterocycles. The number of carbonyl (C=O) groups is 2. The van der Waals surface area contributed by atoms with Gasteiger partial charge in [0.2, 0.25) is 11.7 Å². The molecule has 2 aromatic rings. The zero-order valence-corrected chi connectivity index (χ0v) is 15.1. The van der Waals surface area contributed by atoms with Gasteiger partial charge in [0.15, 0.2) is 5.01 Å². The number of hydrogen-bond acceptors (Lipinski definition) is 5. The van der Waals surface area contributed by atoms with E-state index in [0.717, 1.165) is 29.5 Å². The van der Waals surface area contributed by atoms with Crippen LogP contribution < -0.4 is 5.32 Å². The van der Waals surface area contributed by atoms with E-state index in [4.69, 9.17) is 0 Å². The Bertz CT molecular complexity index is 749. The first-order chi connectivity index (χ1) is 12.2. The van der Waals surface area contributed by atoms with E-state index < -0.39 is 0 Å². The van der Waals surface area contributed by atoms with Crippen LogP contribution in [0.2, 0.25) is 0 Å². The van der Waals surface area contributed by atoms with Gasteiger partial charge in [-0.15, -0.1) is 11.3 Å². The molecule has 132 valence electrons. The number of para-hydroxylation sites is 1. The number of aromatic nitrogens is 1. The summed E-state index contributed by atoms with van der Waals surface area (Å²) in [6, 6.07) is 7.89. The summed E-state index contributed by atoms with van der Waals surface area (Å²) < 4.78 is 1.02. The van der Waals surface area contributed by atoms with Crippen molar-refractivity contribution in [2.75, 3.05) is 13.1 Å². The number of nitrogens with zero attached hydrogens (tertiary/aromatic N) is 2. The third-order valence-corrected chi connectivity index (χ3v) is 6.35. The van der Waals surface area contributed by atoms with E-state index in [1.165, 1.54) is 30.6 Å². The van der Waals surface area contributed by atoms with Gasteiger partial charge in [0.05, 0.1) is 22.8 Å². The van der Waals surface area contributed by atoms with Crippen molar-refractivity contribution in [3.8, 4) is 0 Å². The van der Waals surface area contributed by atoms with Crippen molar-refractivity contribution in [2.45, 2.75) is 50.6 Å². The average molecular weight is 357 g/mol. The lowest BCUT2D eigenvalue weighted by Gasteiger charge is -2.39. The minimum Gasteiger partial charge on any atom is -0.331 e. The molecule has 1 N–H and O–H groups in total. The Morgan fingerprint density at radius 2 is 1.96 bits per heavy atom. The molecule has 0 bridgehead atoms. The van der Waals surface area contributed by atoms with Crippen LogP contribution in [0.15, 0.2) is 24.3 Å². The van der Waals surface area contributed by atoms with Crippen LogP contribution in [-0.4, -0.2) is 46.7 Å². The number of likely N-dealkylation sites (tertiary alicyclic amines) is 1. The molecule has 1 aliphatic carbocycles. The Morgan fingerprint density at radius 3 is 2.68 bits per heavy atom. The van der Waals surface area contributed by atoms with Crippen molar-refractivity contribution in [2.24, 2.45) is 0 Å². The molecule has 0 radical (unpaired) electrons. The Morgan fingerprint density at radius 1 is 1.16 bits per heavy atom. The second-order valence-corrected chi connectivity index (χ2v) is 7.99. The molecule has 1 aromatic carbocycles. The zero-order valence-electron chi connectivity index (χ0n) is 14.2. The van der Waals surface area contributed by atoms with Gasteiger partial charge >= 0.3 is 0 Å². The number of Topliss-reactive ketones (excluding diaryl/α,β-unsaturated/α-hetero) is 1. The largest absolute Gasteiger partial charge is 0.331 e. The molecule has 0 spiro atoms. The molecule has 5 nitrogen and oxygen atoms in total. The molecule has 1 saturated heterocycles. The summed E-state index contributed by atoms with van der Waals surface area (Å²) in [4.78, 5) is 31.4. The van der Waals surface area contributed by atoms with Crippen molar-refractivity contribution >= 4 is 33.2 Å². The quantitative estimate of drug-likeness (QED) is 0.836. The zero-order chi connectivity index (χ0) is 17.2. The Kier molecular flexibility index (Phi) is 4.81. The van der Waals surface area contributed by atoms with Crippen LogP contribution in [0.5, 0.6) is 0 Å². The first-order valence-corrected chi connectivity index (χ1v) is 9.96. The van der Waals surface area contributed by atoms with Crippen LogP contribution in [0.25, 0.3) is 10.2 Å². The number of hydrogen-bond donors (Lipinski definition) is 1. The Labute approximate surface area is 151 Å². The van der Waals surface area contributed by atoms with Gasteiger partial charge in [-0.2, -0.15) is 0 Å². The van der Waals surface area contributed by atoms with E-state index >= 15 is 0 Å². The highest BCUT2D eigenvalue weighted by Gasteiger charge is 2.39. The number of nitrogens with one attached hydrogen (secondary N) is 1. The van der Waals surface area contributed by atoms with Crippen molar-refractivity contribution in [3.05, 3.63) is 29.3 Å². The number of ketones is 1. The van der Waals surface area contributed by atoms with E-state index in [1.807, 2.05) is 24.3 Å². The Hall–Kier alpha value is -1.79. The molecule has 2 fully saturated rings. The molecular weight excluding hydrogens is 334 g/mol. The van der Waals surface area contributed by atoms with Gasteiger partial charge in [0.1, 0.15) is 0 Å². The van der Waals surface area contributed by atoms with Gasteiger partial charge < -0.3 is 10.2 Å². The summed E-state index contributed by atoms with van der Waals surface area (Å²) >= 11 is 1.42. The van der Waals surface area contributed by atoms with Crippen molar-refractivity contribution in [1.29, 1.82) is 0 Å². The average Bonchev–Trinajstić information content (AvgIpc) is 3.04. The smallest absolute Gasteiger partial charge is 0.237 e. The van der Waals surface area contributed by atoms with Crippen molar-refractivity contribution in [1.82, 2.24) is 15.2 Å². The summed E-state index contributed by atoms with van der Waals surface area (Å²) in [7, 11) is 0. The van der Waals surface area contributed by atoms with E-state index in [2.05, 4.69) is 10.3 Å². The molecule has 2 aliphatic rings. The highest BCUT2D eigenvalue weighted by Crippen LogP contribution is 2.27. The highest BCUT2D eigenvalue weighted by atomic mass is 32.1. The molecule has 0 unspecified atom stereocenters. The lowest BCUT2D eigenvalue weighted by molar-refractivity contribution is -0.136. The number of rotatable bonds is 5. The molecule has 1 atom stereocenters. The number of amides is 1. The van der Waals surface area contributed by atoms with E-state index in [0.29, 0.717) is 24.1 Å². The third kappa shape index (κ3) is 3.46. The summed E-state index contributed by atoms with van der Waals surface area (Å²) in [5.41, 5.74) is 0.854. The second-order valence-electron chi connectivity index (χ2n) is 6.96. The van der Waals surface area contributed by atoms with Gasteiger partial charge in [-0.1, -0.05) is 31.4 Å². The fourth-order valence-electron chi connectivity index (χ4n) is 3.72. The lowest BCUT2D eigenvalue weighted by Crippen LogP contribution is -2.57. The summed E-state index contributed by atoms with van der Waals surface area (Å²) in [5, 5.41) is 3.89. The molecule has 6 heteroatoms. The fourth-order valence-corrected chi connectivity index (χ4v) is 4.67. The standard InChI is InChI=1S/C19H23N3O2S/c23-17(12-20-13-6-2-1-3-7-13)22-11-10-15(22)18(24)19-21-14-8-4-5-9-16(14)25-19/h4-5,8-9,13,15,20H,1-3,6-7,10-12H2/t15-/m0/s1. The van der Waals surface area contributed by atoms with Crippen molar-refractivity contribution < 1.29 is 9.59 Å². The van der Waals surface area contributed by atoms with Crippen molar-refractivity contribution in [3.63, 3.8) is 0 Å². The number of fused-ring (bicyclic) bond motifs is 1. The maximum absolute atomic E-state index is 12.8. The molecule has 1 saturated carbocycles. The molecular formula is C19H23N3O2S. The molecule has 4 rings (SSSR count). The number of thiazole rings is 1. The molecule has 1 amide bonds. The monoisotopic (exact) mass is 357 g/mol. The van der Waals surface area contributed by atoms with E-state index in [-0.39, 0.29) is 17.7 Å². The molecule has 25 heavy (non-hydrogen) atoms.